The molecule has 2 rings (SSSR count). The number of aromatic nitrogens is 2. The fourth-order valence-corrected chi connectivity index (χ4v) is 1.80. The SMILES string of the molecule is CNCc1cnn(C[C@H]2CCCO2)c1. The summed E-state index contributed by atoms with van der Waals surface area (Å²) in [6.07, 6.45) is 6.72. The summed E-state index contributed by atoms with van der Waals surface area (Å²) < 4.78 is 7.52. The maximum atomic E-state index is 5.55. The van der Waals surface area contributed by atoms with Crippen LogP contribution in [0.3, 0.4) is 0 Å². The van der Waals surface area contributed by atoms with Crippen LogP contribution in [0.2, 0.25) is 0 Å². The fraction of sp³-hybridized carbons (Fsp3) is 0.700. The molecule has 0 saturated carbocycles. The lowest BCUT2D eigenvalue weighted by molar-refractivity contribution is 0.0940. The Hall–Kier alpha value is -0.870. The normalized spacial score (nSPS) is 21.6. The van der Waals surface area contributed by atoms with Crippen molar-refractivity contribution in [2.75, 3.05) is 13.7 Å². The van der Waals surface area contributed by atoms with Crippen LogP contribution in [0.25, 0.3) is 0 Å². The molecule has 1 aromatic rings. The number of hydrogen-bond acceptors (Lipinski definition) is 3. The van der Waals surface area contributed by atoms with Gasteiger partial charge in [0, 0.05) is 24.9 Å². The molecule has 0 amide bonds. The molecule has 2 heterocycles. The lowest BCUT2D eigenvalue weighted by Crippen LogP contribution is -2.15. The molecule has 1 fully saturated rings. The van der Waals surface area contributed by atoms with E-state index in [-0.39, 0.29) is 0 Å². The van der Waals surface area contributed by atoms with Gasteiger partial charge in [-0.05, 0) is 19.9 Å². The second kappa shape index (κ2) is 4.57. The van der Waals surface area contributed by atoms with Crippen LogP contribution in [-0.2, 0) is 17.8 Å². The molecular formula is C10H17N3O. The highest BCUT2D eigenvalue weighted by molar-refractivity contribution is 5.03. The third-order valence-corrected chi connectivity index (χ3v) is 2.48. The summed E-state index contributed by atoms with van der Waals surface area (Å²) in [6.45, 7) is 2.69. The summed E-state index contributed by atoms with van der Waals surface area (Å²) >= 11 is 0. The summed E-state index contributed by atoms with van der Waals surface area (Å²) in [6, 6.07) is 0. The van der Waals surface area contributed by atoms with Crippen LogP contribution < -0.4 is 5.32 Å². The van der Waals surface area contributed by atoms with Crippen molar-refractivity contribution in [3.8, 4) is 0 Å². The van der Waals surface area contributed by atoms with Gasteiger partial charge >= 0.3 is 0 Å². The second-order valence-electron chi connectivity index (χ2n) is 3.74. The van der Waals surface area contributed by atoms with Crippen LogP contribution in [0, 0.1) is 0 Å². The first-order valence-corrected chi connectivity index (χ1v) is 5.16. The maximum absolute atomic E-state index is 5.55. The minimum atomic E-state index is 0.373. The zero-order valence-electron chi connectivity index (χ0n) is 8.57. The number of hydrogen-bond donors (Lipinski definition) is 1. The Balaban J connectivity index is 1.88. The van der Waals surface area contributed by atoms with Crippen molar-refractivity contribution >= 4 is 0 Å². The van der Waals surface area contributed by atoms with Crippen molar-refractivity contribution in [2.24, 2.45) is 0 Å². The standard InChI is InChI=1S/C10H17N3O/c1-11-5-9-6-12-13(7-9)8-10-3-2-4-14-10/h6-7,10-11H,2-5,8H2,1H3/t10-/m1/s1. The van der Waals surface area contributed by atoms with E-state index in [0.29, 0.717) is 6.10 Å². The highest BCUT2D eigenvalue weighted by atomic mass is 16.5. The average Bonchev–Trinajstić information content (AvgIpc) is 2.79. The molecular weight excluding hydrogens is 178 g/mol. The van der Waals surface area contributed by atoms with Crippen LogP contribution in [0.15, 0.2) is 12.4 Å². The van der Waals surface area contributed by atoms with Gasteiger partial charge in [-0.2, -0.15) is 5.10 Å². The van der Waals surface area contributed by atoms with Gasteiger partial charge in [0.25, 0.3) is 0 Å². The summed E-state index contributed by atoms with van der Waals surface area (Å²) in [5.74, 6) is 0. The molecule has 0 aromatic carbocycles. The molecule has 4 nitrogen and oxygen atoms in total. The van der Waals surface area contributed by atoms with E-state index in [9.17, 15) is 0 Å². The molecule has 1 atom stereocenters. The van der Waals surface area contributed by atoms with E-state index >= 15 is 0 Å². The Labute approximate surface area is 84.3 Å². The maximum Gasteiger partial charge on any atom is 0.0771 e. The van der Waals surface area contributed by atoms with E-state index in [0.717, 1.165) is 19.7 Å². The Bertz CT molecular complexity index is 279. The third-order valence-electron chi connectivity index (χ3n) is 2.48. The summed E-state index contributed by atoms with van der Waals surface area (Å²) in [5, 5.41) is 7.40. The molecule has 0 radical (unpaired) electrons. The van der Waals surface area contributed by atoms with Gasteiger partial charge in [-0.15, -0.1) is 0 Å². The van der Waals surface area contributed by atoms with Crippen LogP contribution in [-0.4, -0.2) is 29.5 Å². The van der Waals surface area contributed by atoms with Gasteiger partial charge in [-0.3, -0.25) is 4.68 Å². The molecule has 1 aliphatic rings. The molecule has 1 aromatic heterocycles. The van der Waals surface area contributed by atoms with E-state index < -0.39 is 0 Å². The summed E-state index contributed by atoms with van der Waals surface area (Å²) in [7, 11) is 1.94. The van der Waals surface area contributed by atoms with Gasteiger partial charge in [0.1, 0.15) is 0 Å². The molecule has 14 heavy (non-hydrogen) atoms. The largest absolute Gasteiger partial charge is 0.376 e. The van der Waals surface area contributed by atoms with Crippen molar-refractivity contribution in [1.82, 2.24) is 15.1 Å². The van der Waals surface area contributed by atoms with Crippen molar-refractivity contribution in [1.29, 1.82) is 0 Å². The van der Waals surface area contributed by atoms with Crippen LogP contribution in [0.4, 0.5) is 0 Å². The zero-order valence-corrected chi connectivity index (χ0v) is 8.57. The first kappa shape index (κ1) is 9.68. The summed E-state index contributed by atoms with van der Waals surface area (Å²) in [4.78, 5) is 0. The minimum Gasteiger partial charge on any atom is -0.376 e. The quantitative estimate of drug-likeness (QED) is 0.771. The predicted molar refractivity (Wildman–Crippen MR) is 54.0 cm³/mol. The molecule has 0 unspecified atom stereocenters. The highest BCUT2D eigenvalue weighted by Gasteiger charge is 2.16. The zero-order chi connectivity index (χ0) is 9.80. The Morgan fingerprint density at radius 3 is 3.36 bits per heavy atom. The van der Waals surface area contributed by atoms with Crippen molar-refractivity contribution in [2.45, 2.75) is 32.0 Å². The van der Waals surface area contributed by atoms with Crippen LogP contribution >= 0.6 is 0 Å². The van der Waals surface area contributed by atoms with Crippen molar-refractivity contribution < 1.29 is 4.74 Å². The van der Waals surface area contributed by atoms with Gasteiger partial charge < -0.3 is 10.1 Å². The first-order chi connectivity index (χ1) is 6.88. The Morgan fingerprint density at radius 1 is 1.71 bits per heavy atom. The van der Waals surface area contributed by atoms with E-state index in [1.165, 1.54) is 18.4 Å². The van der Waals surface area contributed by atoms with E-state index in [1.54, 1.807) is 0 Å². The van der Waals surface area contributed by atoms with E-state index in [2.05, 4.69) is 16.6 Å². The Morgan fingerprint density at radius 2 is 2.64 bits per heavy atom. The van der Waals surface area contributed by atoms with Gasteiger partial charge in [0.05, 0.1) is 18.8 Å². The van der Waals surface area contributed by atoms with E-state index in [1.807, 2.05) is 17.9 Å². The summed E-state index contributed by atoms with van der Waals surface area (Å²) in [5.41, 5.74) is 1.23. The number of nitrogens with zero attached hydrogens (tertiary/aromatic N) is 2. The molecule has 4 heteroatoms. The number of nitrogens with one attached hydrogen (secondary N) is 1. The van der Waals surface area contributed by atoms with Gasteiger partial charge in [0.15, 0.2) is 0 Å². The minimum absolute atomic E-state index is 0.373. The van der Waals surface area contributed by atoms with Gasteiger partial charge in [0.2, 0.25) is 0 Å². The Kier molecular flexibility index (Phi) is 3.16. The molecule has 1 N–H and O–H groups in total. The van der Waals surface area contributed by atoms with Crippen molar-refractivity contribution in [3.05, 3.63) is 18.0 Å². The number of rotatable bonds is 4. The first-order valence-electron chi connectivity index (χ1n) is 5.16. The van der Waals surface area contributed by atoms with Gasteiger partial charge in [-0.1, -0.05) is 0 Å². The molecule has 78 valence electrons. The van der Waals surface area contributed by atoms with Gasteiger partial charge in [-0.25, -0.2) is 0 Å². The lowest BCUT2D eigenvalue weighted by atomic mass is 10.2. The lowest BCUT2D eigenvalue weighted by Gasteiger charge is -2.08. The average molecular weight is 195 g/mol. The topological polar surface area (TPSA) is 39.1 Å². The molecule has 0 aliphatic carbocycles. The molecule has 1 aliphatic heterocycles. The van der Waals surface area contributed by atoms with E-state index in [4.69, 9.17) is 4.74 Å². The fourth-order valence-electron chi connectivity index (χ4n) is 1.80. The highest BCUT2D eigenvalue weighted by Crippen LogP contribution is 2.13. The van der Waals surface area contributed by atoms with Crippen LogP contribution in [0.5, 0.6) is 0 Å². The predicted octanol–water partition coefficient (Wildman–Crippen LogP) is 0.781. The van der Waals surface area contributed by atoms with Crippen LogP contribution in [0.1, 0.15) is 18.4 Å². The molecule has 0 spiro atoms. The smallest absolute Gasteiger partial charge is 0.0771 e. The third kappa shape index (κ3) is 2.33. The molecule has 1 saturated heterocycles. The second-order valence-corrected chi connectivity index (χ2v) is 3.74. The molecule has 0 bridgehead atoms. The van der Waals surface area contributed by atoms with Crippen molar-refractivity contribution in [3.63, 3.8) is 0 Å². The monoisotopic (exact) mass is 195 g/mol. The number of ether oxygens (including phenoxy) is 1.